The number of hydrogen-bond donors (Lipinski definition) is 3. The summed E-state index contributed by atoms with van der Waals surface area (Å²) in [4.78, 5) is 23.2. The van der Waals surface area contributed by atoms with E-state index >= 15 is 0 Å². The number of aromatic nitrogens is 2. The second-order valence-electron chi connectivity index (χ2n) is 8.32. The maximum Gasteiger partial charge on any atom is 0.416 e. The maximum absolute atomic E-state index is 12.9. The Morgan fingerprint density at radius 3 is 2.47 bits per heavy atom. The Labute approximate surface area is 185 Å². The van der Waals surface area contributed by atoms with Crippen LogP contribution in [0.5, 0.6) is 0 Å². The van der Waals surface area contributed by atoms with E-state index in [0.29, 0.717) is 18.8 Å². The summed E-state index contributed by atoms with van der Waals surface area (Å²) in [6.45, 7) is 1.95. The molecule has 1 atom stereocenters. The van der Waals surface area contributed by atoms with Gasteiger partial charge in [-0.1, -0.05) is 12.1 Å². The van der Waals surface area contributed by atoms with E-state index in [4.69, 9.17) is 0 Å². The van der Waals surface area contributed by atoms with Crippen LogP contribution in [-0.2, 0) is 11.0 Å². The van der Waals surface area contributed by atoms with Gasteiger partial charge in [-0.25, -0.2) is 4.98 Å². The Kier molecular flexibility index (Phi) is 7.22. The molecule has 1 aromatic heterocycles. The number of nitrogens with zero attached hydrogens (tertiary/aromatic N) is 3. The number of rotatable bonds is 6. The van der Waals surface area contributed by atoms with Crippen LogP contribution in [0, 0.1) is 6.92 Å². The summed E-state index contributed by atoms with van der Waals surface area (Å²) >= 11 is 0. The van der Waals surface area contributed by atoms with E-state index < -0.39 is 23.8 Å². The third-order valence-corrected chi connectivity index (χ3v) is 5.55. The highest BCUT2D eigenvalue weighted by Crippen LogP contribution is 2.31. The van der Waals surface area contributed by atoms with Gasteiger partial charge in [-0.15, -0.1) is 0 Å². The first-order chi connectivity index (χ1) is 15.0. The van der Waals surface area contributed by atoms with Crippen molar-refractivity contribution in [2.45, 2.75) is 57.0 Å². The Balaban J connectivity index is 1.53. The summed E-state index contributed by atoms with van der Waals surface area (Å²) in [6, 6.07) is 4.19. The zero-order valence-corrected chi connectivity index (χ0v) is 18.3. The van der Waals surface area contributed by atoms with Crippen molar-refractivity contribution in [1.29, 1.82) is 0 Å². The first-order valence-electron chi connectivity index (χ1n) is 10.5. The molecular weight excluding hydrogens is 423 g/mol. The SMILES string of the molecule is Cc1cnc(NC2CCC(NC(=O)C(O)c3cccc(C(F)(F)F)c3)CC2)nc1N(C)C. The summed E-state index contributed by atoms with van der Waals surface area (Å²) in [6.07, 6.45) is -1.55. The van der Waals surface area contributed by atoms with Crippen LogP contribution in [0.2, 0.25) is 0 Å². The first kappa shape index (κ1) is 23.8. The molecule has 0 radical (unpaired) electrons. The van der Waals surface area contributed by atoms with Crippen molar-refractivity contribution in [3.63, 3.8) is 0 Å². The molecule has 1 saturated carbocycles. The lowest BCUT2D eigenvalue weighted by Crippen LogP contribution is -2.42. The van der Waals surface area contributed by atoms with Crippen LogP contribution in [-0.4, -0.2) is 47.2 Å². The van der Waals surface area contributed by atoms with Gasteiger partial charge < -0.3 is 20.6 Å². The normalized spacial score (nSPS) is 19.8. The molecule has 2 aromatic rings. The van der Waals surface area contributed by atoms with Gasteiger partial charge in [0.1, 0.15) is 5.82 Å². The number of aliphatic hydroxyl groups excluding tert-OH is 1. The molecule has 174 valence electrons. The largest absolute Gasteiger partial charge is 0.416 e. The fraction of sp³-hybridized carbons (Fsp3) is 0.500. The molecule has 1 amide bonds. The lowest BCUT2D eigenvalue weighted by atomic mass is 9.91. The zero-order valence-electron chi connectivity index (χ0n) is 18.3. The van der Waals surface area contributed by atoms with E-state index in [-0.39, 0.29) is 17.6 Å². The van der Waals surface area contributed by atoms with E-state index in [0.717, 1.165) is 36.4 Å². The number of benzene rings is 1. The molecule has 1 heterocycles. The number of halogens is 3. The van der Waals surface area contributed by atoms with Gasteiger partial charge >= 0.3 is 6.18 Å². The standard InChI is InChI=1S/C22H28F3N5O2/c1-13-12-26-21(29-19(13)30(2)3)28-17-9-7-16(8-10-17)27-20(32)18(31)14-5-4-6-15(11-14)22(23,24)25/h4-6,11-12,16-18,31H,7-10H2,1-3H3,(H,27,32)(H,26,28,29). The number of aryl methyl sites for hydroxylation is 1. The van der Waals surface area contributed by atoms with Crippen LogP contribution in [0.1, 0.15) is 48.5 Å². The second kappa shape index (κ2) is 9.72. The monoisotopic (exact) mass is 451 g/mol. The molecule has 1 fully saturated rings. The van der Waals surface area contributed by atoms with Crippen LogP contribution >= 0.6 is 0 Å². The van der Waals surface area contributed by atoms with Crippen molar-refractivity contribution in [3.8, 4) is 0 Å². The molecule has 3 rings (SSSR count). The number of anilines is 2. The van der Waals surface area contributed by atoms with Crippen LogP contribution in [0.4, 0.5) is 24.9 Å². The maximum atomic E-state index is 12.9. The molecular formula is C22H28F3N5O2. The van der Waals surface area contributed by atoms with E-state index in [1.54, 1.807) is 6.20 Å². The van der Waals surface area contributed by atoms with Crippen LogP contribution in [0.3, 0.4) is 0 Å². The minimum absolute atomic E-state index is 0.0825. The van der Waals surface area contributed by atoms with Gasteiger partial charge in [-0.05, 0) is 50.3 Å². The number of carbonyl (C=O) groups excluding carboxylic acids is 1. The molecule has 1 aliphatic carbocycles. The molecule has 1 unspecified atom stereocenters. The number of amides is 1. The average Bonchev–Trinajstić information content (AvgIpc) is 2.75. The predicted octanol–water partition coefficient (Wildman–Crippen LogP) is 3.44. The van der Waals surface area contributed by atoms with Crippen molar-refractivity contribution in [1.82, 2.24) is 15.3 Å². The molecule has 1 aliphatic rings. The van der Waals surface area contributed by atoms with Crippen LogP contribution < -0.4 is 15.5 Å². The number of carbonyl (C=O) groups is 1. The van der Waals surface area contributed by atoms with E-state index in [2.05, 4.69) is 20.6 Å². The van der Waals surface area contributed by atoms with Gasteiger partial charge in [0.15, 0.2) is 6.10 Å². The highest BCUT2D eigenvalue weighted by Gasteiger charge is 2.32. The van der Waals surface area contributed by atoms with Gasteiger partial charge in [-0.2, -0.15) is 18.2 Å². The molecule has 0 spiro atoms. The predicted molar refractivity (Wildman–Crippen MR) is 115 cm³/mol. The topological polar surface area (TPSA) is 90.4 Å². The lowest BCUT2D eigenvalue weighted by Gasteiger charge is -2.30. The smallest absolute Gasteiger partial charge is 0.378 e. The van der Waals surface area contributed by atoms with Crippen LogP contribution in [0.15, 0.2) is 30.5 Å². The fourth-order valence-corrected chi connectivity index (χ4v) is 3.84. The molecule has 10 heteroatoms. The number of aliphatic hydroxyl groups is 1. The van der Waals surface area contributed by atoms with Gasteiger partial charge in [0.05, 0.1) is 5.56 Å². The van der Waals surface area contributed by atoms with Gasteiger partial charge in [0.2, 0.25) is 5.95 Å². The van der Waals surface area contributed by atoms with Crippen molar-refractivity contribution in [3.05, 3.63) is 47.2 Å². The first-order valence-corrected chi connectivity index (χ1v) is 10.5. The average molecular weight is 451 g/mol. The van der Waals surface area contributed by atoms with Gasteiger partial charge in [0.25, 0.3) is 5.91 Å². The van der Waals surface area contributed by atoms with Crippen molar-refractivity contribution in [2.75, 3.05) is 24.3 Å². The highest BCUT2D eigenvalue weighted by atomic mass is 19.4. The third kappa shape index (κ3) is 5.87. The fourth-order valence-electron chi connectivity index (χ4n) is 3.84. The number of nitrogens with one attached hydrogen (secondary N) is 2. The Morgan fingerprint density at radius 1 is 1.19 bits per heavy atom. The molecule has 3 N–H and O–H groups in total. The molecule has 32 heavy (non-hydrogen) atoms. The Hall–Kier alpha value is -2.88. The summed E-state index contributed by atoms with van der Waals surface area (Å²) in [5.74, 6) is 0.692. The van der Waals surface area contributed by atoms with Gasteiger partial charge in [-0.3, -0.25) is 4.79 Å². The zero-order chi connectivity index (χ0) is 23.5. The molecule has 7 nitrogen and oxygen atoms in total. The second-order valence-corrected chi connectivity index (χ2v) is 8.32. The van der Waals surface area contributed by atoms with Gasteiger partial charge in [0, 0.05) is 37.9 Å². The lowest BCUT2D eigenvalue weighted by molar-refractivity contribution is -0.138. The Morgan fingerprint density at radius 2 is 1.84 bits per heavy atom. The van der Waals surface area contributed by atoms with Crippen LogP contribution in [0.25, 0.3) is 0 Å². The van der Waals surface area contributed by atoms with Crippen molar-refractivity contribution in [2.24, 2.45) is 0 Å². The quantitative estimate of drug-likeness (QED) is 0.624. The number of hydrogen-bond acceptors (Lipinski definition) is 6. The summed E-state index contributed by atoms with van der Waals surface area (Å²) in [5.41, 5.74) is -0.00336. The summed E-state index contributed by atoms with van der Waals surface area (Å²) < 4.78 is 38.6. The number of alkyl halides is 3. The van der Waals surface area contributed by atoms with E-state index in [1.807, 2.05) is 25.9 Å². The molecule has 0 aliphatic heterocycles. The highest BCUT2D eigenvalue weighted by molar-refractivity contribution is 5.82. The Bertz CT molecular complexity index is 943. The summed E-state index contributed by atoms with van der Waals surface area (Å²) in [7, 11) is 3.83. The minimum Gasteiger partial charge on any atom is -0.378 e. The molecule has 1 aromatic carbocycles. The molecule has 0 bridgehead atoms. The summed E-state index contributed by atoms with van der Waals surface area (Å²) in [5, 5.41) is 16.3. The van der Waals surface area contributed by atoms with E-state index in [9.17, 15) is 23.1 Å². The van der Waals surface area contributed by atoms with E-state index in [1.165, 1.54) is 12.1 Å². The minimum atomic E-state index is -4.54. The third-order valence-electron chi connectivity index (χ3n) is 5.55. The van der Waals surface area contributed by atoms with Crippen molar-refractivity contribution < 1.29 is 23.1 Å². The van der Waals surface area contributed by atoms with Crippen molar-refractivity contribution >= 4 is 17.7 Å². The molecule has 0 saturated heterocycles.